The fraction of sp³-hybridized carbons (Fsp3) is 0. The SMILES string of the molecule is O=[N+]([O-])C1=CC=CC=CO1. The number of nitrogens with zero attached hydrogens (tertiary/aromatic N) is 1. The fourth-order valence-electron chi connectivity index (χ4n) is 0.500. The molecule has 0 bridgehead atoms. The Morgan fingerprint density at radius 2 is 2.20 bits per heavy atom. The minimum atomic E-state index is -0.583. The lowest BCUT2D eigenvalue weighted by molar-refractivity contribution is -0.458. The molecule has 0 unspecified atom stereocenters. The molecule has 0 aromatic carbocycles. The largest absolute Gasteiger partial charge is 0.432 e. The Bertz CT molecular complexity index is 227. The molecule has 1 rings (SSSR count). The Hall–Kier alpha value is -1.58. The van der Waals surface area contributed by atoms with Gasteiger partial charge in [0.2, 0.25) is 0 Å². The molecule has 0 amide bonds. The lowest BCUT2D eigenvalue weighted by Crippen LogP contribution is -1.98. The number of hydrogen-bond acceptors (Lipinski definition) is 3. The van der Waals surface area contributed by atoms with Gasteiger partial charge >= 0.3 is 5.88 Å². The summed E-state index contributed by atoms with van der Waals surface area (Å²) in [4.78, 5) is 9.47. The standard InChI is InChI=1S/C6H5NO3/c8-7(9)6-4-2-1-3-5-10-6/h1-5H. The summed E-state index contributed by atoms with van der Waals surface area (Å²) < 4.78 is 4.58. The lowest BCUT2D eigenvalue weighted by Gasteiger charge is -1.91. The zero-order chi connectivity index (χ0) is 7.40. The maximum absolute atomic E-state index is 10.1. The zero-order valence-electron chi connectivity index (χ0n) is 5.06. The highest BCUT2D eigenvalue weighted by molar-refractivity contribution is 5.13. The molecule has 1 aliphatic heterocycles. The summed E-state index contributed by atoms with van der Waals surface area (Å²) in [6.07, 6.45) is 7.32. The highest BCUT2D eigenvalue weighted by atomic mass is 16.7. The molecule has 0 saturated heterocycles. The van der Waals surface area contributed by atoms with Crippen LogP contribution in [0.1, 0.15) is 0 Å². The van der Waals surface area contributed by atoms with Gasteiger partial charge in [-0.2, -0.15) is 0 Å². The van der Waals surface area contributed by atoms with Gasteiger partial charge in [-0.05, 0) is 6.08 Å². The van der Waals surface area contributed by atoms with Crippen molar-refractivity contribution in [2.45, 2.75) is 0 Å². The van der Waals surface area contributed by atoms with Crippen LogP contribution in [0.15, 0.2) is 36.4 Å². The Morgan fingerprint density at radius 1 is 1.40 bits per heavy atom. The Labute approximate surface area is 57.3 Å². The average Bonchev–Trinajstić information content (AvgIpc) is 2.12. The van der Waals surface area contributed by atoms with Crippen molar-refractivity contribution in [3.8, 4) is 0 Å². The van der Waals surface area contributed by atoms with Crippen LogP contribution in [0.5, 0.6) is 0 Å². The van der Waals surface area contributed by atoms with Crippen molar-refractivity contribution >= 4 is 0 Å². The van der Waals surface area contributed by atoms with Gasteiger partial charge in [0.15, 0.2) is 0 Å². The molecule has 0 saturated carbocycles. The van der Waals surface area contributed by atoms with E-state index in [1.165, 1.54) is 12.3 Å². The first-order valence-electron chi connectivity index (χ1n) is 2.65. The van der Waals surface area contributed by atoms with Gasteiger partial charge in [0.25, 0.3) is 0 Å². The monoisotopic (exact) mass is 139 g/mol. The number of allylic oxidation sites excluding steroid dienone is 4. The first-order valence-corrected chi connectivity index (χ1v) is 2.65. The third kappa shape index (κ3) is 1.45. The second-order valence-corrected chi connectivity index (χ2v) is 1.59. The van der Waals surface area contributed by atoms with E-state index >= 15 is 0 Å². The van der Waals surface area contributed by atoms with E-state index in [-0.39, 0.29) is 5.88 Å². The van der Waals surface area contributed by atoms with Gasteiger partial charge in [0.1, 0.15) is 4.92 Å². The summed E-state index contributed by atoms with van der Waals surface area (Å²) in [5, 5.41) is 10.1. The predicted octanol–water partition coefficient (Wildman–Crippen LogP) is 1.20. The molecule has 0 atom stereocenters. The quantitative estimate of drug-likeness (QED) is 0.405. The maximum atomic E-state index is 10.1. The van der Waals surface area contributed by atoms with Crippen LogP contribution in [0.3, 0.4) is 0 Å². The normalized spacial score (nSPS) is 15.4. The molecular weight excluding hydrogens is 134 g/mol. The van der Waals surface area contributed by atoms with Crippen molar-refractivity contribution in [2.24, 2.45) is 0 Å². The maximum Gasteiger partial charge on any atom is 0.432 e. The highest BCUT2D eigenvalue weighted by Gasteiger charge is 2.08. The van der Waals surface area contributed by atoms with E-state index in [4.69, 9.17) is 0 Å². The summed E-state index contributed by atoms with van der Waals surface area (Å²) >= 11 is 0. The summed E-state index contributed by atoms with van der Waals surface area (Å²) in [6, 6.07) is 0. The van der Waals surface area contributed by atoms with Gasteiger partial charge in [-0.25, -0.2) is 0 Å². The molecule has 0 aliphatic carbocycles. The molecule has 52 valence electrons. The minimum Gasteiger partial charge on any atom is -0.409 e. The molecular formula is C6H5NO3. The van der Waals surface area contributed by atoms with Gasteiger partial charge in [0.05, 0.1) is 12.3 Å². The van der Waals surface area contributed by atoms with Crippen molar-refractivity contribution in [3.05, 3.63) is 46.6 Å². The van der Waals surface area contributed by atoms with Crippen LogP contribution in [-0.4, -0.2) is 4.92 Å². The van der Waals surface area contributed by atoms with E-state index in [0.29, 0.717) is 0 Å². The number of hydrogen-bond donors (Lipinski definition) is 0. The molecule has 0 aromatic rings. The third-order valence-electron chi connectivity index (χ3n) is 0.908. The predicted molar refractivity (Wildman–Crippen MR) is 34.4 cm³/mol. The summed E-state index contributed by atoms with van der Waals surface area (Å²) in [7, 11) is 0. The van der Waals surface area contributed by atoms with Crippen molar-refractivity contribution in [1.82, 2.24) is 0 Å². The van der Waals surface area contributed by atoms with Crippen LogP contribution in [0.25, 0.3) is 0 Å². The molecule has 10 heavy (non-hydrogen) atoms. The van der Waals surface area contributed by atoms with E-state index in [2.05, 4.69) is 4.74 Å². The van der Waals surface area contributed by atoms with Crippen LogP contribution < -0.4 is 0 Å². The third-order valence-corrected chi connectivity index (χ3v) is 0.908. The molecule has 4 heteroatoms. The van der Waals surface area contributed by atoms with Gasteiger partial charge < -0.3 is 4.74 Å². The number of nitro groups is 1. The van der Waals surface area contributed by atoms with E-state index in [0.717, 1.165) is 0 Å². The first kappa shape index (κ1) is 6.54. The van der Waals surface area contributed by atoms with Crippen molar-refractivity contribution in [2.75, 3.05) is 0 Å². The molecule has 0 spiro atoms. The van der Waals surface area contributed by atoms with Crippen molar-refractivity contribution < 1.29 is 9.66 Å². The van der Waals surface area contributed by atoms with E-state index < -0.39 is 4.92 Å². The number of rotatable bonds is 1. The van der Waals surface area contributed by atoms with E-state index in [1.54, 1.807) is 18.2 Å². The van der Waals surface area contributed by atoms with Gasteiger partial charge in [-0.15, -0.1) is 0 Å². The van der Waals surface area contributed by atoms with Crippen LogP contribution in [0.2, 0.25) is 0 Å². The Morgan fingerprint density at radius 3 is 2.90 bits per heavy atom. The first-order chi connectivity index (χ1) is 4.80. The molecule has 0 aromatic heterocycles. The second-order valence-electron chi connectivity index (χ2n) is 1.59. The van der Waals surface area contributed by atoms with Gasteiger partial charge in [-0.3, -0.25) is 10.1 Å². The topological polar surface area (TPSA) is 52.4 Å². The minimum absolute atomic E-state index is 0.259. The lowest BCUT2D eigenvalue weighted by atomic mass is 10.5. The zero-order valence-corrected chi connectivity index (χ0v) is 5.06. The van der Waals surface area contributed by atoms with Crippen LogP contribution in [0.4, 0.5) is 0 Å². The average molecular weight is 139 g/mol. The van der Waals surface area contributed by atoms with Crippen molar-refractivity contribution in [1.29, 1.82) is 0 Å². The molecule has 1 aliphatic rings. The molecule has 1 heterocycles. The molecule has 0 radical (unpaired) electrons. The Kier molecular flexibility index (Phi) is 1.84. The van der Waals surface area contributed by atoms with Crippen LogP contribution >= 0.6 is 0 Å². The molecule has 0 fully saturated rings. The number of ether oxygens (including phenoxy) is 1. The van der Waals surface area contributed by atoms with Crippen LogP contribution in [0, 0.1) is 10.1 Å². The fourth-order valence-corrected chi connectivity index (χ4v) is 0.500. The van der Waals surface area contributed by atoms with E-state index in [9.17, 15) is 10.1 Å². The Balaban J connectivity index is 2.78. The summed E-state index contributed by atoms with van der Waals surface area (Å²) in [5.74, 6) is -0.259. The van der Waals surface area contributed by atoms with E-state index in [1.807, 2.05) is 0 Å². The highest BCUT2D eigenvalue weighted by Crippen LogP contribution is 2.02. The van der Waals surface area contributed by atoms with Gasteiger partial charge in [0, 0.05) is 0 Å². The van der Waals surface area contributed by atoms with Crippen LogP contribution in [-0.2, 0) is 4.74 Å². The molecule has 0 N–H and O–H groups in total. The summed E-state index contributed by atoms with van der Waals surface area (Å²) in [6.45, 7) is 0. The van der Waals surface area contributed by atoms with Crippen molar-refractivity contribution in [3.63, 3.8) is 0 Å². The van der Waals surface area contributed by atoms with Gasteiger partial charge in [-0.1, -0.05) is 12.2 Å². The molecule has 4 nitrogen and oxygen atoms in total. The smallest absolute Gasteiger partial charge is 0.409 e. The second kappa shape index (κ2) is 2.82. The summed E-state index contributed by atoms with van der Waals surface area (Å²) in [5.41, 5.74) is 0.